The summed E-state index contributed by atoms with van der Waals surface area (Å²) in [4.78, 5) is 0. The fraction of sp³-hybridized carbons (Fsp3) is 0.692. The third-order valence-corrected chi connectivity index (χ3v) is 1.75. The molecule has 1 N–H and O–H groups in total. The normalized spacial score (nSPS) is 12.2. The van der Waals surface area contributed by atoms with E-state index in [1.54, 1.807) is 0 Å². The summed E-state index contributed by atoms with van der Waals surface area (Å²) in [6, 6.07) is 0.315. The van der Waals surface area contributed by atoms with Crippen LogP contribution in [0.1, 0.15) is 48.5 Å². The van der Waals surface area contributed by atoms with Crippen LogP contribution < -0.4 is 5.32 Å². The Morgan fingerprint density at radius 3 is 1.50 bits per heavy atom. The SMILES string of the molecule is C=C(C)NC(C(=C)C)C(C)(C)C.CC. The number of nitrogens with one attached hydrogen (secondary N) is 1. The molecule has 0 aliphatic rings. The third kappa shape index (κ3) is 6.76. The van der Waals surface area contributed by atoms with Gasteiger partial charge in [-0.15, -0.1) is 0 Å². The van der Waals surface area contributed by atoms with Crippen LogP contribution in [0.15, 0.2) is 24.4 Å². The molecule has 0 amide bonds. The summed E-state index contributed by atoms with van der Waals surface area (Å²) in [7, 11) is 0. The lowest BCUT2D eigenvalue weighted by atomic mass is 9.83. The van der Waals surface area contributed by atoms with Crippen molar-refractivity contribution in [1.29, 1.82) is 0 Å². The van der Waals surface area contributed by atoms with Crippen LogP contribution in [0.25, 0.3) is 0 Å². The van der Waals surface area contributed by atoms with E-state index in [-0.39, 0.29) is 5.41 Å². The summed E-state index contributed by atoms with van der Waals surface area (Å²) in [5, 5.41) is 3.33. The summed E-state index contributed by atoms with van der Waals surface area (Å²) in [5.74, 6) is 0. The molecule has 0 aromatic carbocycles. The maximum Gasteiger partial charge on any atom is 0.0513 e. The highest BCUT2D eigenvalue weighted by molar-refractivity contribution is 5.10. The second kappa shape index (κ2) is 6.69. The van der Waals surface area contributed by atoms with Gasteiger partial charge in [-0.1, -0.05) is 53.3 Å². The quantitative estimate of drug-likeness (QED) is 0.671. The molecule has 14 heavy (non-hydrogen) atoms. The lowest BCUT2D eigenvalue weighted by Crippen LogP contribution is -2.39. The Hall–Kier alpha value is -0.720. The highest BCUT2D eigenvalue weighted by Crippen LogP contribution is 2.24. The topological polar surface area (TPSA) is 12.0 Å². The van der Waals surface area contributed by atoms with Crippen molar-refractivity contribution in [3.63, 3.8) is 0 Å². The Balaban J connectivity index is 0. The predicted octanol–water partition coefficient (Wildman–Crippen LogP) is 4.13. The lowest BCUT2D eigenvalue weighted by molar-refractivity contribution is 0.319. The van der Waals surface area contributed by atoms with Crippen LogP contribution in [0.2, 0.25) is 0 Å². The molecular weight excluding hydrogens is 170 g/mol. The number of rotatable bonds is 3. The van der Waals surface area contributed by atoms with Crippen molar-refractivity contribution in [3.8, 4) is 0 Å². The Morgan fingerprint density at radius 2 is 1.43 bits per heavy atom. The van der Waals surface area contributed by atoms with Gasteiger partial charge in [0.1, 0.15) is 0 Å². The molecule has 0 aromatic heterocycles. The van der Waals surface area contributed by atoms with Gasteiger partial charge in [-0.3, -0.25) is 0 Å². The molecule has 0 spiro atoms. The predicted molar refractivity (Wildman–Crippen MR) is 67.4 cm³/mol. The molecule has 0 bridgehead atoms. The van der Waals surface area contributed by atoms with E-state index in [0.717, 1.165) is 11.3 Å². The first-order chi connectivity index (χ1) is 6.25. The van der Waals surface area contributed by atoms with E-state index in [0.29, 0.717) is 6.04 Å². The van der Waals surface area contributed by atoms with Crippen molar-refractivity contribution in [2.45, 2.75) is 54.5 Å². The van der Waals surface area contributed by atoms with E-state index in [1.165, 1.54) is 0 Å². The average molecular weight is 197 g/mol. The zero-order chi connectivity index (χ0) is 11.9. The smallest absolute Gasteiger partial charge is 0.0513 e. The van der Waals surface area contributed by atoms with Crippen LogP contribution in [-0.4, -0.2) is 6.04 Å². The van der Waals surface area contributed by atoms with E-state index in [2.05, 4.69) is 39.2 Å². The van der Waals surface area contributed by atoms with Crippen LogP contribution >= 0.6 is 0 Å². The lowest BCUT2D eigenvalue weighted by Gasteiger charge is -2.32. The first-order valence-electron chi connectivity index (χ1n) is 5.32. The highest BCUT2D eigenvalue weighted by Gasteiger charge is 2.24. The fourth-order valence-electron chi connectivity index (χ4n) is 1.33. The minimum absolute atomic E-state index is 0.199. The second-order valence-electron chi connectivity index (χ2n) is 4.57. The van der Waals surface area contributed by atoms with Crippen molar-refractivity contribution in [1.82, 2.24) is 5.32 Å². The van der Waals surface area contributed by atoms with Crippen molar-refractivity contribution in [2.24, 2.45) is 5.41 Å². The number of hydrogen-bond donors (Lipinski definition) is 1. The Bertz CT molecular complexity index is 184. The van der Waals surface area contributed by atoms with Gasteiger partial charge in [0.25, 0.3) is 0 Å². The van der Waals surface area contributed by atoms with Crippen LogP contribution in [0, 0.1) is 5.41 Å². The van der Waals surface area contributed by atoms with E-state index in [1.807, 2.05) is 27.7 Å². The molecule has 0 radical (unpaired) electrons. The van der Waals surface area contributed by atoms with E-state index in [4.69, 9.17) is 0 Å². The fourth-order valence-corrected chi connectivity index (χ4v) is 1.33. The summed E-state index contributed by atoms with van der Waals surface area (Å²) < 4.78 is 0. The van der Waals surface area contributed by atoms with E-state index in [9.17, 15) is 0 Å². The van der Waals surface area contributed by atoms with Crippen LogP contribution in [0.3, 0.4) is 0 Å². The maximum absolute atomic E-state index is 3.97. The van der Waals surface area contributed by atoms with Crippen LogP contribution in [0.4, 0.5) is 0 Å². The van der Waals surface area contributed by atoms with Gasteiger partial charge in [-0.25, -0.2) is 0 Å². The van der Waals surface area contributed by atoms with Gasteiger partial charge in [-0.2, -0.15) is 0 Å². The molecule has 0 aliphatic carbocycles. The van der Waals surface area contributed by atoms with Crippen molar-refractivity contribution in [3.05, 3.63) is 24.4 Å². The molecule has 1 unspecified atom stereocenters. The minimum atomic E-state index is 0.199. The molecule has 0 rings (SSSR count). The first-order valence-corrected chi connectivity index (χ1v) is 5.32. The van der Waals surface area contributed by atoms with Crippen LogP contribution in [0.5, 0.6) is 0 Å². The van der Waals surface area contributed by atoms with Crippen molar-refractivity contribution in [2.75, 3.05) is 0 Å². The summed E-state index contributed by atoms with van der Waals surface area (Å²) >= 11 is 0. The number of allylic oxidation sites excluding steroid dienone is 1. The molecule has 0 saturated carbocycles. The first kappa shape index (κ1) is 15.7. The summed E-state index contributed by atoms with van der Waals surface area (Å²) in [6.07, 6.45) is 0. The molecule has 1 heteroatoms. The van der Waals surface area contributed by atoms with Gasteiger partial charge in [0.2, 0.25) is 0 Å². The monoisotopic (exact) mass is 197 g/mol. The van der Waals surface area contributed by atoms with Gasteiger partial charge in [0.15, 0.2) is 0 Å². The maximum atomic E-state index is 3.97. The van der Waals surface area contributed by atoms with Gasteiger partial charge >= 0.3 is 0 Å². The summed E-state index contributed by atoms with van der Waals surface area (Å²) in [6.45, 7) is 22.4. The molecular formula is C13H27N. The molecule has 0 aromatic rings. The molecule has 0 saturated heterocycles. The molecule has 1 nitrogen and oxygen atoms in total. The van der Waals surface area contributed by atoms with Crippen molar-refractivity contribution < 1.29 is 0 Å². The third-order valence-electron chi connectivity index (χ3n) is 1.75. The number of hydrogen-bond acceptors (Lipinski definition) is 1. The largest absolute Gasteiger partial charge is 0.382 e. The zero-order valence-corrected chi connectivity index (χ0v) is 11.0. The van der Waals surface area contributed by atoms with Crippen molar-refractivity contribution >= 4 is 0 Å². The summed E-state index contributed by atoms with van der Waals surface area (Å²) in [5.41, 5.74) is 2.36. The zero-order valence-electron chi connectivity index (χ0n) is 11.0. The van der Waals surface area contributed by atoms with E-state index < -0.39 is 0 Å². The van der Waals surface area contributed by atoms with Crippen LogP contribution in [-0.2, 0) is 0 Å². The van der Waals surface area contributed by atoms with Gasteiger partial charge in [0, 0.05) is 5.70 Å². The van der Waals surface area contributed by atoms with E-state index >= 15 is 0 Å². The minimum Gasteiger partial charge on any atom is -0.382 e. The Labute approximate surface area is 90.3 Å². The molecule has 1 atom stereocenters. The molecule has 0 heterocycles. The standard InChI is InChI=1S/C11H21N.C2H6/c1-8(2)10(11(5,6)7)12-9(3)4;1-2/h10,12H,1,3H2,2,4-7H3;1-2H3. The van der Waals surface area contributed by atoms with Gasteiger partial charge in [-0.05, 0) is 19.3 Å². The average Bonchev–Trinajstić information content (AvgIpc) is 2.01. The molecule has 0 aliphatic heterocycles. The molecule has 84 valence electrons. The Morgan fingerprint density at radius 1 is 1.07 bits per heavy atom. The highest BCUT2D eigenvalue weighted by atomic mass is 14.9. The van der Waals surface area contributed by atoms with Gasteiger partial charge < -0.3 is 5.32 Å². The second-order valence-corrected chi connectivity index (χ2v) is 4.57. The Kier molecular flexibility index (Phi) is 7.52. The van der Waals surface area contributed by atoms with Gasteiger partial charge in [0.05, 0.1) is 6.04 Å². The molecule has 0 fully saturated rings.